The van der Waals surface area contributed by atoms with Crippen molar-refractivity contribution in [2.75, 3.05) is 24.0 Å². The molecule has 1 saturated heterocycles. The number of nitrogens with one attached hydrogen (secondary N) is 1. The van der Waals surface area contributed by atoms with E-state index in [4.69, 9.17) is 4.74 Å². The molecule has 0 spiro atoms. The normalized spacial score (nSPS) is 16.6. The van der Waals surface area contributed by atoms with E-state index in [0.29, 0.717) is 18.8 Å². The van der Waals surface area contributed by atoms with E-state index in [1.165, 1.54) is 4.31 Å². The first kappa shape index (κ1) is 21.3. The van der Waals surface area contributed by atoms with Gasteiger partial charge >= 0.3 is 0 Å². The average molecular weight is 417 g/mol. The molecule has 0 saturated carbocycles. The van der Waals surface area contributed by atoms with Crippen molar-refractivity contribution in [1.82, 2.24) is 5.32 Å². The standard InChI is InChI=1S/C22H28N2O4S/c1-16-7-10-20(11-8-16)29(26,27)24(21-13-17(2)6-9-18(21)3)15-22(25)23-14-19-5-4-12-28-19/h6-11,13,19H,4-5,12,14-15H2,1-3H3,(H,23,25)/t19-/m0/s1. The van der Waals surface area contributed by atoms with Crippen LogP contribution in [0, 0.1) is 20.8 Å². The van der Waals surface area contributed by atoms with Gasteiger partial charge in [-0.2, -0.15) is 0 Å². The summed E-state index contributed by atoms with van der Waals surface area (Å²) in [5.41, 5.74) is 3.20. The Balaban J connectivity index is 1.90. The zero-order valence-electron chi connectivity index (χ0n) is 17.1. The summed E-state index contributed by atoms with van der Waals surface area (Å²) in [5.74, 6) is -0.350. The topological polar surface area (TPSA) is 75.7 Å². The average Bonchev–Trinajstić information content (AvgIpc) is 3.20. The van der Waals surface area contributed by atoms with Crippen molar-refractivity contribution in [3.63, 3.8) is 0 Å². The highest BCUT2D eigenvalue weighted by atomic mass is 32.2. The van der Waals surface area contributed by atoms with Gasteiger partial charge in [-0.3, -0.25) is 9.10 Å². The van der Waals surface area contributed by atoms with Gasteiger partial charge in [-0.15, -0.1) is 0 Å². The number of rotatable bonds is 7. The number of benzene rings is 2. The number of carbonyl (C=O) groups is 1. The third-order valence-electron chi connectivity index (χ3n) is 5.08. The number of aryl methyl sites for hydroxylation is 3. The molecular weight excluding hydrogens is 388 g/mol. The highest BCUT2D eigenvalue weighted by Crippen LogP contribution is 2.28. The van der Waals surface area contributed by atoms with Crippen molar-refractivity contribution < 1.29 is 17.9 Å². The minimum Gasteiger partial charge on any atom is -0.376 e. The molecule has 1 N–H and O–H groups in total. The molecule has 1 aliphatic rings. The molecule has 0 unspecified atom stereocenters. The number of carbonyl (C=O) groups excluding carboxylic acids is 1. The molecule has 2 aromatic rings. The molecule has 29 heavy (non-hydrogen) atoms. The monoisotopic (exact) mass is 416 g/mol. The smallest absolute Gasteiger partial charge is 0.264 e. The fourth-order valence-electron chi connectivity index (χ4n) is 3.34. The minimum atomic E-state index is -3.90. The van der Waals surface area contributed by atoms with Gasteiger partial charge in [0.15, 0.2) is 0 Å². The van der Waals surface area contributed by atoms with Crippen LogP contribution in [0.3, 0.4) is 0 Å². The highest BCUT2D eigenvalue weighted by Gasteiger charge is 2.28. The van der Waals surface area contributed by atoms with Crippen LogP contribution in [-0.4, -0.2) is 40.1 Å². The predicted octanol–water partition coefficient (Wildman–Crippen LogP) is 3.10. The lowest BCUT2D eigenvalue weighted by molar-refractivity contribution is -0.120. The Morgan fingerprint density at radius 1 is 1.10 bits per heavy atom. The van der Waals surface area contributed by atoms with Gasteiger partial charge in [0.05, 0.1) is 16.7 Å². The van der Waals surface area contributed by atoms with Gasteiger partial charge in [0.1, 0.15) is 6.54 Å². The number of sulfonamides is 1. The van der Waals surface area contributed by atoms with Crippen LogP contribution in [0.5, 0.6) is 0 Å². The Morgan fingerprint density at radius 2 is 1.79 bits per heavy atom. The molecule has 3 rings (SSSR count). The molecule has 1 amide bonds. The van der Waals surface area contributed by atoms with Crippen molar-refractivity contribution in [3.8, 4) is 0 Å². The van der Waals surface area contributed by atoms with E-state index in [1.807, 2.05) is 32.9 Å². The summed E-state index contributed by atoms with van der Waals surface area (Å²) < 4.78 is 33.6. The van der Waals surface area contributed by atoms with Gasteiger partial charge < -0.3 is 10.1 Å². The summed E-state index contributed by atoms with van der Waals surface area (Å²) in [6.45, 7) is 6.46. The zero-order valence-corrected chi connectivity index (χ0v) is 18.0. The fourth-order valence-corrected chi connectivity index (χ4v) is 4.82. The van der Waals surface area contributed by atoms with Crippen LogP contribution in [0.4, 0.5) is 5.69 Å². The van der Waals surface area contributed by atoms with Gasteiger partial charge in [0.2, 0.25) is 5.91 Å². The summed E-state index contributed by atoms with van der Waals surface area (Å²) >= 11 is 0. The molecule has 1 aliphatic heterocycles. The molecule has 1 heterocycles. The number of amides is 1. The molecule has 0 aliphatic carbocycles. The molecular formula is C22H28N2O4S. The Bertz CT molecular complexity index is 965. The molecule has 0 radical (unpaired) electrons. The van der Waals surface area contributed by atoms with Gasteiger partial charge in [0.25, 0.3) is 10.0 Å². The molecule has 156 valence electrons. The highest BCUT2D eigenvalue weighted by molar-refractivity contribution is 7.92. The van der Waals surface area contributed by atoms with Crippen molar-refractivity contribution in [3.05, 3.63) is 59.2 Å². The van der Waals surface area contributed by atoms with Crippen LogP contribution >= 0.6 is 0 Å². The lowest BCUT2D eigenvalue weighted by Gasteiger charge is -2.26. The second-order valence-corrected chi connectivity index (χ2v) is 9.42. The zero-order chi connectivity index (χ0) is 21.0. The predicted molar refractivity (Wildman–Crippen MR) is 114 cm³/mol. The minimum absolute atomic E-state index is 0.00168. The molecule has 2 aromatic carbocycles. The van der Waals surface area contributed by atoms with Crippen molar-refractivity contribution in [2.45, 2.75) is 44.6 Å². The summed E-state index contributed by atoms with van der Waals surface area (Å²) in [6.07, 6.45) is 1.89. The van der Waals surface area contributed by atoms with Gasteiger partial charge in [-0.1, -0.05) is 29.8 Å². The van der Waals surface area contributed by atoms with E-state index in [9.17, 15) is 13.2 Å². The second kappa shape index (κ2) is 8.97. The third-order valence-corrected chi connectivity index (χ3v) is 6.85. The van der Waals surface area contributed by atoms with E-state index in [-0.39, 0.29) is 23.5 Å². The Kier molecular flexibility index (Phi) is 6.59. The van der Waals surface area contributed by atoms with E-state index >= 15 is 0 Å². The van der Waals surface area contributed by atoms with E-state index < -0.39 is 10.0 Å². The SMILES string of the molecule is Cc1ccc(S(=O)(=O)N(CC(=O)NC[C@@H]2CCCO2)c2cc(C)ccc2C)cc1. The molecule has 1 atom stereocenters. The number of hydrogen-bond donors (Lipinski definition) is 1. The summed E-state index contributed by atoms with van der Waals surface area (Å²) in [6, 6.07) is 12.3. The molecule has 7 heteroatoms. The maximum atomic E-state index is 13.4. The van der Waals surface area contributed by atoms with Crippen LogP contribution in [0.15, 0.2) is 47.4 Å². The lowest BCUT2D eigenvalue weighted by atomic mass is 10.1. The first-order chi connectivity index (χ1) is 13.8. The largest absolute Gasteiger partial charge is 0.376 e. The first-order valence-corrected chi connectivity index (χ1v) is 11.3. The van der Waals surface area contributed by atoms with E-state index in [0.717, 1.165) is 29.5 Å². The number of nitrogens with zero attached hydrogens (tertiary/aromatic N) is 1. The third kappa shape index (κ3) is 5.16. The quantitative estimate of drug-likeness (QED) is 0.753. The van der Waals surface area contributed by atoms with Crippen LogP contribution in [0.2, 0.25) is 0 Å². The van der Waals surface area contributed by atoms with Crippen molar-refractivity contribution in [2.24, 2.45) is 0 Å². The summed E-state index contributed by atoms with van der Waals surface area (Å²) in [4.78, 5) is 12.8. The fraction of sp³-hybridized carbons (Fsp3) is 0.409. The van der Waals surface area contributed by atoms with Gasteiger partial charge in [0, 0.05) is 13.2 Å². The van der Waals surface area contributed by atoms with Crippen LogP contribution in [-0.2, 0) is 19.6 Å². The molecule has 0 bridgehead atoms. The van der Waals surface area contributed by atoms with Gasteiger partial charge in [-0.25, -0.2) is 8.42 Å². The molecule has 0 aromatic heterocycles. The van der Waals surface area contributed by atoms with E-state index in [1.54, 1.807) is 30.3 Å². The van der Waals surface area contributed by atoms with Crippen LogP contribution in [0.1, 0.15) is 29.5 Å². The number of ether oxygens (including phenoxy) is 1. The Labute approximate surface area is 172 Å². The van der Waals surface area contributed by atoms with Crippen LogP contribution < -0.4 is 9.62 Å². The maximum absolute atomic E-state index is 13.4. The van der Waals surface area contributed by atoms with Gasteiger partial charge in [-0.05, 0) is 62.9 Å². The van der Waals surface area contributed by atoms with Crippen molar-refractivity contribution in [1.29, 1.82) is 0 Å². The summed E-state index contributed by atoms with van der Waals surface area (Å²) in [7, 11) is -3.90. The number of anilines is 1. The molecule has 1 fully saturated rings. The van der Waals surface area contributed by atoms with Crippen molar-refractivity contribution >= 4 is 21.6 Å². The Hall–Kier alpha value is -2.38. The lowest BCUT2D eigenvalue weighted by Crippen LogP contribution is -2.43. The Morgan fingerprint density at radius 3 is 2.45 bits per heavy atom. The maximum Gasteiger partial charge on any atom is 0.264 e. The van der Waals surface area contributed by atoms with E-state index in [2.05, 4.69) is 5.32 Å². The number of hydrogen-bond acceptors (Lipinski definition) is 4. The molecule has 6 nitrogen and oxygen atoms in total. The first-order valence-electron chi connectivity index (χ1n) is 9.82. The second-order valence-electron chi connectivity index (χ2n) is 7.55. The van der Waals surface area contributed by atoms with Crippen LogP contribution in [0.25, 0.3) is 0 Å². The summed E-state index contributed by atoms with van der Waals surface area (Å²) in [5, 5.41) is 2.82.